The number of benzene rings is 2. The number of thioether (sulfide) groups is 1. The zero-order valence-electron chi connectivity index (χ0n) is 18.7. The summed E-state index contributed by atoms with van der Waals surface area (Å²) in [5.41, 5.74) is 4.57. The van der Waals surface area contributed by atoms with Crippen LogP contribution in [0.4, 0.5) is 4.79 Å². The second kappa shape index (κ2) is 12.3. The van der Waals surface area contributed by atoms with Crippen molar-refractivity contribution < 1.29 is 24.2 Å². The van der Waals surface area contributed by atoms with Gasteiger partial charge in [0.25, 0.3) is 0 Å². The highest BCUT2D eigenvalue weighted by Crippen LogP contribution is 2.44. The van der Waals surface area contributed by atoms with Crippen molar-refractivity contribution in [2.45, 2.75) is 37.6 Å². The van der Waals surface area contributed by atoms with E-state index in [0.29, 0.717) is 31.6 Å². The molecule has 0 heterocycles. The van der Waals surface area contributed by atoms with Gasteiger partial charge in [0.05, 0.1) is 0 Å². The molecule has 1 aliphatic carbocycles. The molecule has 7 nitrogen and oxygen atoms in total. The lowest BCUT2D eigenvalue weighted by atomic mass is 9.98. The largest absolute Gasteiger partial charge is 0.481 e. The molecule has 0 radical (unpaired) electrons. The molecule has 0 fully saturated rings. The predicted octanol–water partition coefficient (Wildman–Crippen LogP) is 4.02. The first-order valence-corrected chi connectivity index (χ1v) is 12.5. The van der Waals surface area contributed by atoms with Crippen molar-refractivity contribution in [2.24, 2.45) is 0 Å². The number of fused-ring (bicyclic) bond motifs is 3. The minimum Gasteiger partial charge on any atom is -0.481 e. The van der Waals surface area contributed by atoms with Crippen LogP contribution >= 0.6 is 11.8 Å². The van der Waals surface area contributed by atoms with E-state index in [1.54, 1.807) is 11.8 Å². The maximum atomic E-state index is 12.6. The highest BCUT2D eigenvalue weighted by atomic mass is 32.2. The minimum atomic E-state index is -0.851. The summed E-state index contributed by atoms with van der Waals surface area (Å²) < 4.78 is 5.57. The smallest absolute Gasteiger partial charge is 0.407 e. The number of amides is 2. The number of alkyl carbamates (subject to hydrolysis) is 1. The van der Waals surface area contributed by atoms with E-state index in [1.165, 1.54) is 0 Å². The molecule has 3 rings (SSSR count). The minimum absolute atomic E-state index is 0.0455. The summed E-state index contributed by atoms with van der Waals surface area (Å²) in [6.07, 6.45) is 2.93. The normalized spacial score (nSPS) is 13.0. The lowest BCUT2D eigenvalue weighted by Crippen LogP contribution is -2.47. The van der Waals surface area contributed by atoms with Crippen molar-refractivity contribution >= 4 is 29.7 Å². The Labute approximate surface area is 198 Å². The maximum absolute atomic E-state index is 12.6. The number of carboxylic acid groups (broad SMARTS) is 1. The van der Waals surface area contributed by atoms with Crippen LogP contribution in [0.1, 0.15) is 42.7 Å². The van der Waals surface area contributed by atoms with Crippen LogP contribution < -0.4 is 10.6 Å². The van der Waals surface area contributed by atoms with Gasteiger partial charge in [-0.25, -0.2) is 4.79 Å². The van der Waals surface area contributed by atoms with Crippen molar-refractivity contribution in [1.29, 1.82) is 0 Å². The van der Waals surface area contributed by atoms with Gasteiger partial charge in [0.2, 0.25) is 5.91 Å². The van der Waals surface area contributed by atoms with Gasteiger partial charge in [-0.05, 0) is 53.5 Å². The Balaban J connectivity index is 1.55. The Hall–Kier alpha value is -3.00. The van der Waals surface area contributed by atoms with Crippen LogP contribution in [-0.4, -0.2) is 54.3 Å². The third kappa shape index (κ3) is 6.74. The molecule has 1 atom stereocenters. The molecule has 0 bridgehead atoms. The van der Waals surface area contributed by atoms with Gasteiger partial charge in [0.15, 0.2) is 0 Å². The van der Waals surface area contributed by atoms with Gasteiger partial charge in [0.1, 0.15) is 12.6 Å². The van der Waals surface area contributed by atoms with Gasteiger partial charge in [-0.1, -0.05) is 48.5 Å². The molecule has 2 amide bonds. The zero-order valence-corrected chi connectivity index (χ0v) is 19.5. The van der Waals surface area contributed by atoms with Crippen LogP contribution in [0.3, 0.4) is 0 Å². The molecule has 2 aromatic carbocycles. The lowest BCUT2D eigenvalue weighted by Gasteiger charge is -2.19. The van der Waals surface area contributed by atoms with E-state index in [-0.39, 0.29) is 24.9 Å². The van der Waals surface area contributed by atoms with E-state index in [4.69, 9.17) is 9.84 Å². The average molecular weight is 471 g/mol. The van der Waals surface area contributed by atoms with E-state index >= 15 is 0 Å². The summed E-state index contributed by atoms with van der Waals surface area (Å²) in [5.74, 6) is -0.472. The quantitative estimate of drug-likeness (QED) is 0.405. The highest BCUT2D eigenvalue weighted by molar-refractivity contribution is 7.98. The molecule has 3 N–H and O–H groups in total. The Kier molecular flexibility index (Phi) is 9.18. The first-order valence-electron chi connectivity index (χ1n) is 11.1. The molecule has 0 unspecified atom stereocenters. The second-order valence-corrected chi connectivity index (χ2v) is 8.93. The Morgan fingerprint density at radius 1 is 1.03 bits per heavy atom. The summed E-state index contributed by atoms with van der Waals surface area (Å²) in [6.45, 7) is 0.556. The van der Waals surface area contributed by atoms with Gasteiger partial charge in [0, 0.05) is 18.9 Å². The molecule has 176 valence electrons. The van der Waals surface area contributed by atoms with Gasteiger partial charge < -0.3 is 20.5 Å². The predicted molar refractivity (Wildman–Crippen MR) is 129 cm³/mol. The van der Waals surface area contributed by atoms with E-state index in [1.807, 2.05) is 30.5 Å². The van der Waals surface area contributed by atoms with E-state index in [9.17, 15) is 14.4 Å². The summed E-state index contributed by atoms with van der Waals surface area (Å²) in [6, 6.07) is 15.5. The molecule has 0 saturated heterocycles. The average Bonchev–Trinajstić information content (AvgIpc) is 3.13. The van der Waals surface area contributed by atoms with Crippen LogP contribution in [0.25, 0.3) is 11.1 Å². The van der Waals surface area contributed by atoms with Gasteiger partial charge in [-0.15, -0.1) is 0 Å². The van der Waals surface area contributed by atoms with Crippen molar-refractivity contribution in [1.82, 2.24) is 10.6 Å². The summed E-state index contributed by atoms with van der Waals surface area (Å²) in [5, 5.41) is 14.2. The fraction of sp³-hybridized carbons (Fsp3) is 0.400. The van der Waals surface area contributed by atoms with Gasteiger partial charge in [-0.3, -0.25) is 9.59 Å². The van der Waals surface area contributed by atoms with Crippen molar-refractivity contribution in [3.05, 3.63) is 59.7 Å². The molecular formula is C25H30N2O5S. The lowest BCUT2D eigenvalue weighted by molar-refractivity contribution is -0.137. The first kappa shape index (κ1) is 24.6. The van der Waals surface area contributed by atoms with Crippen molar-refractivity contribution in [3.63, 3.8) is 0 Å². The SMILES string of the molecule is CSCC[C@@H](NC(=O)OCC1c2ccccc2-c2ccccc21)C(=O)NCCCCC(=O)O. The number of unbranched alkanes of at least 4 members (excludes halogenated alkanes) is 1. The highest BCUT2D eigenvalue weighted by Gasteiger charge is 2.29. The van der Waals surface area contributed by atoms with E-state index in [0.717, 1.165) is 22.3 Å². The number of rotatable bonds is 12. The molecule has 0 aliphatic heterocycles. The van der Waals surface area contributed by atoms with Crippen LogP contribution in [-0.2, 0) is 14.3 Å². The number of nitrogens with one attached hydrogen (secondary N) is 2. The second-order valence-electron chi connectivity index (χ2n) is 7.95. The van der Waals surface area contributed by atoms with E-state index in [2.05, 4.69) is 34.9 Å². The zero-order chi connectivity index (χ0) is 23.6. The van der Waals surface area contributed by atoms with Crippen molar-refractivity contribution in [2.75, 3.05) is 25.2 Å². The number of hydrogen-bond donors (Lipinski definition) is 3. The Bertz CT molecular complexity index is 935. The molecule has 8 heteroatoms. The van der Waals surface area contributed by atoms with Gasteiger partial charge in [-0.2, -0.15) is 11.8 Å². The Morgan fingerprint density at radius 3 is 2.27 bits per heavy atom. The summed E-state index contributed by atoms with van der Waals surface area (Å²) in [7, 11) is 0. The number of aliphatic carboxylic acids is 1. The maximum Gasteiger partial charge on any atom is 0.407 e. The Morgan fingerprint density at radius 2 is 1.67 bits per heavy atom. The number of carbonyl (C=O) groups is 3. The number of ether oxygens (including phenoxy) is 1. The molecule has 33 heavy (non-hydrogen) atoms. The summed E-state index contributed by atoms with van der Waals surface area (Å²) in [4.78, 5) is 35.7. The standard InChI is InChI=1S/C25H30N2O5S/c1-33-15-13-22(24(30)26-14-7-6-12-23(28)29)27-25(31)32-16-21-19-10-4-2-8-17(19)18-9-3-5-11-20(18)21/h2-5,8-11,21-22H,6-7,12-16H2,1H3,(H,26,30)(H,27,31)(H,28,29)/t22-/m1/s1. The van der Waals surface area contributed by atoms with Crippen LogP contribution in [0.5, 0.6) is 0 Å². The van der Waals surface area contributed by atoms with Crippen LogP contribution in [0.2, 0.25) is 0 Å². The molecule has 0 spiro atoms. The molecule has 0 aromatic heterocycles. The fourth-order valence-electron chi connectivity index (χ4n) is 4.02. The molecule has 2 aromatic rings. The topological polar surface area (TPSA) is 105 Å². The van der Waals surface area contributed by atoms with Gasteiger partial charge >= 0.3 is 12.1 Å². The monoisotopic (exact) mass is 470 g/mol. The fourth-order valence-corrected chi connectivity index (χ4v) is 4.49. The third-order valence-corrected chi connectivity index (χ3v) is 6.32. The molecule has 1 aliphatic rings. The van der Waals surface area contributed by atoms with E-state index < -0.39 is 18.1 Å². The molecular weight excluding hydrogens is 440 g/mol. The number of hydrogen-bond acceptors (Lipinski definition) is 5. The summed E-state index contributed by atoms with van der Waals surface area (Å²) >= 11 is 1.59. The third-order valence-electron chi connectivity index (χ3n) is 5.68. The first-order chi connectivity index (χ1) is 16.0. The van der Waals surface area contributed by atoms with Crippen LogP contribution in [0.15, 0.2) is 48.5 Å². The number of carboxylic acids is 1. The van der Waals surface area contributed by atoms with Crippen LogP contribution in [0, 0.1) is 0 Å². The number of carbonyl (C=O) groups excluding carboxylic acids is 2. The van der Waals surface area contributed by atoms with Crippen molar-refractivity contribution in [3.8, 4) is 11.1 Å². The molecule has 0 saturated carbocycles.